The van der Waals surface area contributed by atoms with E-state index < -0.39 is 0 Å². The maximum Gasteiger partial charge on any atom is 0.123 e. The maximum absolute atomic E-state index is 12.7. The number of ether oxygens (including phenoxy) is 2. The third-order valence-electron chi connectivity index (χ3n) is 3.87. The lowest BCUT2D eigenvalue weighted by Crippen LogP contribution is -2.32. The van der Waals surface area contributed by atoms with Crippen molar-refractivity contribution in [3.05, 3.63) is 30.1 Å². The monoisotopic (exact) mass is 281 g/mol. The fraction of sp³-hybridized carbons (Fsp3) is 0.625. The number of methoxy groups -OCH3 is 1. The minimum absolute atomic E-state index is 0.235. The van der Waals surface area contributed by atoms with Gasteiger partial charge in [-0.3, -0.25) is 0 Å². The van der Waals surface area contributed by atoms with Crippen LogP contribution in [0.4, 0.5) is 4.39 Å². The van der Waals surface area contributed by atoms with Gasteiger partial charge in [0.15, 0.2) is 0 Å². The highest BCUT2D eigenvalue weighted by Crippen LogP contribution is 2.19. The number of benzene rings is 1. The molecular weight excluding hydrogens is 257 g/mol. The molecule has 0 amide bonds. The fourth-order valence-corrected chi connectivity index (χ4v) is 2.67. The summed E-state index contributed by atoms with van der Waals surface area (Å²) in [6, 6.07) is 6.71. The molecule has 2 atom stereocenters. The third-order valence-corrected chi connectivity index (χ3v) is 3.87. The summed E-state index contributed by atoms with van der Waals surface area (Å²) in [6.45, 7) is 1.43. The smallest absolute Gasteiger partial charge is 0.123 e. The van der Waals surface area contributed by atoms with Gasteiger partial charge in [-0.25, -0.2) is 4.39 Å². The summed E-state index contributed by atoms with van der Waals surface area (Å²) in [6.07, 6.45) is 6.31. The molecule has 112 valence electrons. The van der Waals surface area contributed by atoms with Gasteiger partial charge in [0, 0.05) is 19.7 Å². The van der Waals surface area contributed by atoms with Gasteiger partial charge in [-0.2, -0.15) is 0 Å². The Labute approximate surface area is 120 Å². The van der Waals surface area contributed by atoms with Crippen LogP contribution < -0.4 is 10.1 Å². The Balaban J connectivity index is 1.62. The zero-order chi connectivity index (χ0) is 14.2. The molecule has 4 heteroatoms. The van der Waals surface area contributed by atoms with Crippen molar-refractivity contribution in [2.24, 2.45) is 0 Å². The normalized spacial score (nSPS) is 23.3. The van der Waals surface area contributed by atoms with E-state index in [1.165, 1.54) is 31.4 Å². The molecule has 20 heavy (non-hydrogen) atoms. The van der Waals surface area contributed by atoms with E-state index in [4.69, 9.17) is 9.47 Å². The molecule has 0 radical (unpaired) electrons. The Morgan fingerprint density at radius 1 is 1.15 bits per heavy atom. The number of halogens is 1. The zero-order valence-corrected chi connectivity index (χ0v) is 12.1. The van der Waals surface area contributed by atoms with Crippen LogP contribution in [-0.2, 0) is 4.74 Å². The molecule has 1 aromatic carbocycles. The molecule has 1 N–H and O–H groups in total. The van der Waals surface area contributed by atoms with E-state index in [1.54, 1.807) is 19.2 Å². The van der Waals surface area contributed by atoms with Gasteiger partial charge in [-0.1, -0.05) is 0 Å². The first-order chi connectivity index (χ1) is 9.78. The topological polar surface area (TPSA) is 30.5 Å². The summed E-state index contributed by atoms with van der Waals surface area (Å²) in [7, 11) is 1.80. The van der Waals surface area contributed by atoms with Crippen molar-refractivity contribution < 1.29 is 13.9 Å². The second-order valence-electron chi connectivity index (χ2n) is 5.32. The Hall–Kier alpha value is -1.13. The van der Waals surface area contributed by atoms with E-state index in [9.17, 15) is 4.39 Å². The Morgan fingerprint density at radius 3 is 2.70 bits per heavy atom. The molecule has 1 aliphatic carbocycles. The maximum atomic E-state index is 12.7. The Morgan fingerprint density at radius 2 is 1.95 bits per heavy atom. The van der Waals surface area contributed by atoms with Gasteiger partial charge < -0.3 is 14.8 Å². The Kier molecular flexibility index (Phi) is 6.27. The minimum Gasteiger partial charge on any atom is -0.492 e. The quantitative estimate of drug-likeness (QED) is 0.642. The van der Waals surface area contributed by atoms with Crippen molar-refractivity contribution >= 4 is 0 Å². The minimum atomic E-state index is -0.235. The van der Waals surface area contributed by atoms with Crippen LogP contribution in [0.1, 0.15) is 32.1 Å². The summed E-state index contributed by atoms with van der Waals surface area (Å²) in [5.74, 6) is 0.482. The van der Waals surface area contributed by atoms with Crippen LogP contribution in [0.15, 0.2) is 24.3 Å². The van der Waals surface area contributed by atoms with Crippen molar-refractivity contribution in [3.63, 3.8) is 0 Å². The van der Waals surface area contributed by atoms with Crippen molar-refractivity contribution in [3.8, 4) is 5.75 Å². The van der Waals surface area contributed by atoms with Crippen LogP contribution in [-0.4, -0.2) is 32.4 Å². The van der Waals surface area contributed by atoms with Crippen LogP contribution in [0.3, 0.4) is 0 Å². The summed E-state index contributed by atoms with van der Waals surface area (Å²) in [5.41, 5.74) is 0. The first kappa shape index (κ1) is 15.3. The summed E-state index contributed by atoms with van der Waals surface area (Å²) >= 11 is 0. The molecule has 1 aromatic rings. The molecule has 2 unspecified atom stereocenters. The van der Waals surface area contributed by atoms with Crippen LogP contribution in [0.25, 0.3) is 0 Å². The molecule has 2 rings (SSSR count). The largest absolute Gasteiger partial charge is 0.492 e. The van der Waals surface area contributed by atoms with E-state index in [1.807, 2.05) is 0 Å². The second-order valence-corrected chi connectivity index (χ2v) is 5.32. The second kappa shape index (κ2) is 8.22. The number of rotatable bonds is 6. The lowest BCUT2D eigenvalue weighted by atomic mass is 10.1. The highest BCUT2D eigenvalue weighted by molar-refractivity contribution is 5.21. The van der Waals surface area contributed by atoms with E-state index in [0.29, 0.717) is 24.5 Å². The average Bonchev–Trinajstić information content (AvgIpc) is 2.70. The molecule has 0 bridgehead atoms. The highest BCUT2D eigenvalue weighted by Gasteiger charge is 2.17. The van der Waals surface area contributed by atoms with E-state index in [0.717, 1.165) is 19.4 Å². The van der Waals surface area contributed by atoms with E-state index in [-0.39, 0.29) is 5.82 Å². The standard InChI is InChI=1S/C16H24FNO2/c1-19-15-4-2-3-14(7-10-15)18-11-12-20-16-8-5-13(17)6-9-16/h5-6,8-9,14-15,18H,2-4,7,10-12H2,1H3. The molecule has 0 saturated heterocycles. The van der Waals surface area contributed by atoms with Crippen LogP contribution in [0, 0.1) is 5.82 Å². The molecule has 0 aliphatic heterocycles. The van der Waals surface area contributed by atoms with Crippen LogP contribution >= 0.6 is 0 Å². The summed E-state index contributed by atoms with van der Waals surface area (Å²) in [5, 5.41) is 3.53. The van der Waals surface area contributed by atoms with Crippen molar-refractivity contribution in [1.29, 1.82) is 0 Å². The third kappa shape index (κ3) is 5.10. The number of hydrogen-bond donors (Lipinski definition) is 1. The molecular formula is C16H24FNO2. The van der Waals surface area contributed by atoms with Crippen LogP contribution in [0.5, 0.6) is 5.75 Å². The number of hydrogen-bond acceptors (Lipinski definition) is 3. The van der Waals surface area contributed by atoms with Gasteiger partial charge in [0.25, 0.3) is 0 Å². The van der Waals surface area contributed by atoms with Gasteiger partial charge in [0.2, 0.25) is 0 Å². The molecule has 0 spiro atoms. The number of nitrogens with one attached hydrogen (secondary N) is 1. The highest BCUT2D eigenvalue weighted by atomic mass is 19.1. The first-order valence-corrected chi connectivity index (χ1v) is 7.42. The van der Waals surface area contributed by atoms with Crippen molar-refractivity contribution in [2.75, 3.05) is 20.3 Å². The van der Waals surface area contributed by atoms with Crippen LogP contribution in [0.2, 0.25) is 0 Å². The Bertz CT molecular complexity index is 383. The molecule has 0 aromatic heterocycles. The molecule has 1 saturated carbocycles. The molecule has 3 nitrogen and oxygen atoms in total. The lowest BCUT2D eigenvalue weighted by molar-refractivity contribution is 0.0894. The zero-order valence-electron chi connectivity index (χ0n) is 12.1. The predicted octanol–water partition coefficient (Wildman–Crippen LogP) is 3.14. The summed E-state index contributed by atoms with van der Waals surface area (Å²) in [4.78, 5) is 0. The fourth-order valence-electron chi connectivity index (χ4n) is 2.67. The van der Waals surface area contributed by atoms with Crippen molar-refractivity contribution in [1.82, 2.24) is 5.32 Å². The molecule has 0 heterocycles. The van der Waals surface area contributed by atoms with E-state index in [2.05, 4.69) is 5.32 Å². The van der Waals surface area contributed by atoms with Gasteiger partial charge in [-0.15, -0.1) is 0 Å². The predicted molar refractivity (Wildman–Crippen MR) is 77.6 cm³/mol. The average molecular weight is 281 g/mol. The van der Waals surface area contributed by atoms with Gasteiger partial charge in [0.05, 0.1) is 6.10 Å². The molecule has 1 fully saturated rings. The SMILES string of the molecule is COC1CCCC(NCCOc2ccc(F)cc2)CC1. The van der Waals surface area contributed by atoms with E-state index >= 15 is 0 Å². The van der Waals surface area contributed by atoms with Gasteiger partial charge >= 0.3 is 0 Å². The van der Waals surface area contributed by atoms with Gasteiger partial charge in [-0.05, 0) is 56.4 Å². The lowest BCUT2D eigenvalue weighted by Gasteiger charge is -2.16. The molecule has 1 aliphatic rings. The first-order valence-electron chi connectivity index (χ1n) is 7.42. The summed E-state index contributed by atoms with van der Waals surface area (Å²) < 4.78 is 23.7. The van der Waals surface area contributed by atoms with Crippen molar-refractivity contribution in [2.45, 2.75) is 44.2 Å². The van der Waals surface area contributed by atoms with Gasteiger partial charge in [0.1, 0.15) is 18.2 Å².